The highest BCUT2D eigenvalue weighted by Gasteiger charge is 2.06. The lowest BCUT2D eigenvalue weighted by Gasteiger charge is -2.16. The molecule has 1 aromatic rings. The summed E-state index contributed by atoms with van der Waals surface area (Å²) < 4.78 is 10.2. The van der Waals surface area contributed by atoms with E-state index in [-0.39, 0.29) is 12.0 Å². The minimum absolute atomic E-state index is 0.218. The molecule has 0 saturated carbocycles. The van der Waals surface area contributed by atoms with E-state index in [2.05, 4.69) is 10.1 Å². The number of nitrogens with one attached hydrogen (secondary N) is 1. The van der Waals surface area contributed by atoms with E-state index in [1.54, 1.807) is 0 Å². The van der Waals surface area contributed by atoms with E-state index < -0.39 is 6.23 Å². The first kappa shape index (κ1) is 17.5. The second kappa shape index (κ2) is 9.37. The van der Waals surface area contributed by atoms with Crippen LogP contribution in [0.25, 0.3) is 0 Å². The van der Waals surface area contributed by atoms with Gasteiger partial charge in [0, 0.05) is 18.9 Å². The van der Waals surface area contributed by atoms with Gasteiger partial charge in [-0.2, -0.15) is 0 Å². The minimum atomic E-state index is -0.562. The molecule has 118 valence electrons. The van der Waals surface area contributed by atoms with Gasteiger partial charge in [0.05, 0.1) is 13.7 Å². The Morgan fingerprint density at radius 3 is 2.81 bits per heavy atom. The number of methoxy groups -OCH3 is 1. The average Bonchev–Trinajstić information content (AvgIpc) is 2.44. The van der Waals surface area contributed by atoms with E-state index in [9.17, 15) is 9.90 Å². The summed E-state index contributed by atoms with van der Waals surface area (Å²) in [4.78, 5) is 11.1. The number of rotatable bonds is 9. The normalized spacial score (nSPS) is 12.2. The molecule has 1 rings (SSSR count). The zero-order valence-corrected chi connectivity index (χ0v) is 13.0. The van der Waals surface area contributed by atoms with Crippen molar-refractivity contribution in [3.8, 4) is 5.75 Å². The van der Waals surface area contributed by atoms with Gasteiger partial charge in [-0.25, -0.2) is 0 Å². The summed E-state index contributed by atoms with van der Waals surface area (Å²) in [6, 6.07) is 7.85. The molecule has 0 aromatic heterocycles. The van der Waals surface area contributed by atoms with Crippen LogP contribution >= 0.6 is 0 Å². The Morgan fingerprint density at radius 2 is 2.14 bits per heavy atom. The highest BCUT2D eigenvalue weighted by atomic mass is 16.5. The fraction of sp³-hybridized carbons (Fsp3) is 0.562. The third-order valence-electron chi connectivity index (χ3n) is 2.93. The molecule has 0 radical (unpaired) electrons. The molecule has 0 aliphatic rings. The average molecular weight is 295 g/mol. The molecule has 2 N–H and O–H groups in total. The van der Waals surface area contributed by atoms with Gasteiger partial charge in [-0.1, -0.05) is 12.1 Å². The van der Waals surface area contributed by atoms with Crippen molar-refractivity contribution in [3.63, 3.8) is 0 Å². The molecule has 21 heavy (non-hydrogen) atoms. The van der Waals surface area contributed by atoms with Crippen molar-refractivity contribution in [1.82, 2.24) is 5.32 Å². The van der Waals surface area contributed by atoms with Crippen LogP contribution in [-0.4, -0.2) is 37.1 Å². The van der Waals surface area contributed by atoms with Gasteiger partial charge in [-0.3, -0.25) is 10.1 Å². The molecule has 1 atom stereocenters. The zero-order valence-electron chi connectivity index (χ0n) is 13.0. The maximum absolute atomic E-state index is 11.1. The number of aliphatic hydroxyl groups excluding tert-OH is 1. The third-order valence-corrected chi connectivity index (χ3v) is 2.93. The Bertz CT molecular complexity index is 434. The fourth-order valence-electron chi connectivity index (χ4n) is 1.90. The highest BCUT2D eigenvalue weighted by molar-refractivity contribution is 5.69. The molecule has 0 aliphatic carbocycles. The molecule has 0 amide bonds. The van der Waals surface area contributed by atoms with E-state index in [1.165, 1.54) is 7.11 Å². The first-order valence-corrected chi connectivity index (χ1v) is 7.24. The lowest BCUT2D eigenvalue weighted by molar-refractivity contribution is -0.140. The number of ether oxygens (including phenoxy) is 2. The SMILES string of the molecule is COC(=O)CCc1cccc(OCCC(O)NC(C)C)c1. The summed E-state index contributed by atoms with van der Waals surface area (Å²) >= 11 is 0. The summed E-state index contributed by atoms with van der Waals surface area (Å²) in [5.41, 5.74) is 1.03. The number of benzene rings is 1. The summed E-state index contributed by atoms with van der Waals surface area (Å²) in [5.74, 6) is 0.526. The predicted molar refractivity (Wildman–Crippen MR) is 81.2 cm³/mol. The smallest absolute Gasteiger partial charge is 0.305 e. The van der Waals surface area contributed by atoms with Gasteiger partial charge < -0.3 is 14.6 Å². The molecule has 0 spiro atoms. The van der Waals surface area contributed by atoms with Crippen LogP contribution < -0.4 is 10.1 Å². The number of hydrogen-bond acceptors (Lipinski definition) is 5. The Balaban J connectivity index is 2.37. The van der Waals surface area contributed by atoms with Crippen molar-refractivity contribution in [2.24, 2.45) is 0 Å². The van der Waals surface area contributed by atoms with Crippen LogP contribution in [-0.2, 0) is 16.0 Å². The van der Waals surface area contributed by atoms with Crippen LogP contribution in [0.4, 0.5) is 0 Å². The van der Waals surface area contributed by atoms with Crippen molar-refractivity contribution in [1.29, 1.82) is 0 Å². The second-order valence-electron chi connectivity index (χ2n) is 5.20. The third kappa shape index (κ3) is 7.68. The molecule has 0 bridgehead atoms. The predicted octanol–water partition coefficient (Wildman–Crippen LogP) is 1.88. The first-order chi connectivity index (χ1) is 10.0. The van der Waals surface area contributed by atoms with Crippen molar-refractivity contribution < 1.29 is 19.4 Å². The summed E-state index contributed by atoms with van der Waals surface area (Å²) in [6.07, 6.45) is 0.940. The van der Waals surface area contributed by atoms with Crippen molar-refractivity contribution in [2.75, 3.05) is 13.7 Å². The molecule has 0 aliphatic heterocycles. The van der Waals surface area contributed by atoms with Crippen LogP contribution in [0, 0.1) is 0 Å². The number of aliphatic hydroxyl groups is 1. The number of hydrogen-bond donors (Lipinski definition) is 2. The monoisotopic (exact) mass is 295 g/mol. The fourth-order valence-corrected chi connectivity index (χ4v) is 1.90. The van der Waals surface area contributed by atoms with Gasteiger partial charge in [-0.15, -0.1) is 0 Å². The van der Waals surface area contributed by atoms with E-state index in [0.29, 0.717) is 25.9 Å². The van der Waals surface area contributed by atoms with Gasteiger partial charge in [0.25, 0.3) is 0 Å². The molecule has 5 heteroatoms. The summed E-state index contributed by atoms with van der Waals surface area (Å²) in [5, 5.41) is 12.7. The molecular formula is C16H25NO4. The van der Waals surface area contributed by atoms with E-state index in [4.69, 9.17) is 4.74 Å². The molecule has 0 saturated heterocycles. The number of carbonyl (C=O) groups excluding carboxylic acids is 1. The molecule has 1 aromatic carbocycles. The van der Waals surface area contributed by atoms with Crippen molar-refractivity contribution in [3.05, 3.63) is 29.8 Å². The van der Waals surface area contributed by atoms with E-state index >= 15 is 0 Å². The topological polar surface area (TPSA) is 67.8 Å². The lowest BCUT2D eigenvalue weighted by Crippen LogP contribution is -2.35. The summed E-state index contributed by atoms with van der Waals surface area (Å²) in [7, 11) is 1.39. The Kier molecular flexibility index (Phi) is 7.79. The minimum Gasteiger partial charge on any atom is -0.493 e. The van der Waals surface area contributed by atoms with Crippen LogP contribution in [0.15, 0.2) is 24.3 Å². The summed E-state index contributed by atoms with van der Waals surface area (Å²) in [6.45, 7) is 4.39. The quantitative estimate of drug-likeness (QED) is 0.538. The lowest BCUT2D eigenvalue weighted by atomic mass is 10.1. The zero-order chi connectivity index (χ0) is 15.7. The Morgan fingerprint density at radius 1 is 1.38 bits per heavy atom. The Hall–Kier alpha value is -1.59. The number of carbonyl (C=O) groups is 1. The molecular weight excluding hydrogens is 270 g/mol. The maximum atomic E-state index is 11.1. The van der Waals surface area contributed by atoms with Gasteiger partial charge in [-0.05, 0) is 38.0 Å². The van der Waals surface area contributed by atoms with Crippen molar-refractivity contribution in [2.45, 2.75) is 45.4 Å². The molecule has 5 nitrogen and oxygen atoms in total. The standard InChI is InChI=1S/C16H25NO4/c1-12(2)17-15(18)9-10-21-14-6-4-5-13(11-14)7-8-16(19)20-3/h4-6,11-12,15,17-18H,7-10H2,1-3H3. The van der Waals surface area contributed by atoms with Gasteiger partial charge in [0.15, 0.2) is 0 Å². The number of esters is 1. The molecule has 1 unspecified atom stereocenters. The first-order valence-electron chi connectivity index (χ1n) is 7.24. The van der Waals surface area contributed by atoms with Crippen molar-refractivity contribution >= 4 is 5.97 Å². The second-order valence-corrected chi connectivity index (χ2v) is 5.20. The Labute approximate surface area is 126 Å². The van der Waals surface area contributed by atoms with Crippen LogP contribution in [0.1, 0.15) is 32.3 Å². The van der Waals surface area contributed by atoms with E-state index in [1.807, 2.05) is 38.1 Å². The molecule has 0 heterocycles. The van der Waals surface area contributed by atoms with Gasteiger partial charge in [0.2, 0.25) is 0 Å². The maximum Gasteiger partial charge on any atom is 0.305 e. The van der Waals surface area contributed by atoms with Crippen LogP contribution in [0.2, 0.25) is 0 Å². The van der Waals surface area contributed by atoms with Crippen LogP contribution in [0.5, 0.6) is 5.75 Å². The van der Waals surface area contributed by atoms with E-state index in [0.717, 1.165) is 11.3 Å². The largest absolute Gasteiger partial charge is 0.493 e. The van der Waals surface area contributed by atoms with Crippen LogP contribution in [0.3, 0.4) is 0 Å². The van der Waals surface area contributed by atoms with Gasteiger partial charge >= 0.3 is 5.97 Å². The molecule has 0 fully saturated rings. The highest BCUT2D eigenvalue weighted by Crippen LogP contribution is 2.15. The van der Waals surface area contributed by atoms with Gasteiger partial charge in [0.1, 0.15) is 12.0 Å². The number of aryl methyl sites for hydroxylation is 1.